The fourth-order valence-corrected chi connectivity index (χ4v) is 1.18. The van der Waals surface area contributed by atoms with Gasteiger partial charge < -0.3 is 9.84 Å². The van der Waals surface area contributed by atoms with Gasteiger partial charge in [-0.3, -0.25) is 0 Å². The minimum atomic E-state index is -0.205. The zero-order valence-corrected chi connectivity index (χ0v) is 5.84. The van der Waals surface area contributed by atoms with Crippen molar-refractivity contribution in [2.45, 2.75) is 25.9 Å². The van der Waals surface area contributed by atoms with Crippen LogP contribution in [0.5, 0.6) is 0 Å². The van der Waals surface area contributed by atoms with Crippen LogP contribution >= 0.6 is 0 Å². The lowest BCUT2D eigenvalue weighted by Gasteiger charge is -2.24. The molecule has 2 nitrogen and oxygen atoms in total. The fourth-order valence-electron chi connectivity index (χ4n) is 1.18. The monoisotopic (exact) mass is 130 g/mol. The van der Waals surface area contributed by atoms with Gasteiger partial charge in [-0.25, -0.2) is 0 Å². The topological polar surface area (TPSA) is 29.5 Å². The summed E-state index contributed by atoms with van der Waals surface area (Å²) >= 11 is 0. The molecule has 1 fully saturated rings. The van der Waals surface area contributed by atoms with E-state index in [1.165, 1.54) is 0 Å². The Morgan fingerprint density at radius 2 is 2.33 bits per heavy atom. The van der Waals surface area contributed by atoms with Gasteiger partial charge in [-0.05, 0) is 12.3 Å². The lowest BCUT2D eigenvalue weighted by Crippen LogP contribution is -2.28. The van der Waals surface area contributed by atoms with Crippen molar-refractivity contribution >= 4 is 0 Å². The summed E-state index contributed by atoms with van der Waals surface area (Å²) in [5.74, 6) is 0.591. The Kier molecular flexibility index (Phi) is 2.49. The molecule has 1 rings (SSSR count). The minimum absolute atomic E-state index is 0.205. The van der Waals surface area contributed by atoms with Crippen LogP contribution < -0.4 is 0 Å². The Balaban J connectivity index is 2.23. The average Bonchev–Trinajstić information content (AvgIpc) is 1.88. The molecule has 0 aliphatic carbocycles. The van der Waals surface area contributed by atoms with Gasteiger partial charge in [0.05, 0.1) is 12.7 Å². The van der Waals surface area contributed by atoms with Crippen molar-refractivity contribution in [3.05, 3.63) is 0 Å². The van der Waals surface area contributed by atoms with Crippen LogP contribution in [-0.2, 0) is 4.74 Å². The molecule has 2 unspecified atom stereocenters. The van der Waals surface area contributed by atoms with E-state index in [1.807, 2.05) is 0 Å². The Labute approximate surface area is 55.8 Å². The maximum Gasteiger partial charge on any atom is 0.0777 e. The van der Waals surface area contributed by atoms with Gasteiger partial charge in [-0.2, -0.15) is 0 Å². The van der Waals surface area contributed by atoms with Crippen molar-refractivity contribution in [2.24, 2.45) is 5.92 Å². The molecule has 2 heteroatoms. The Hall–Kier alpha value is -0.0800. The van der Waals surface area contributed by atoms with E-state index in [4.69, 9.17) is 9.84 Å². The molecule has 0 saturated carbocycles. The molecule has 0 amide bonds. The smallest absolute Gasteiger partial charge is 0.0777 e. The standard InChI is InChI=1S/C7H14O2/c1-2-6-3-7(8)5-9-4-6/h6-8H,2-5H2,1H3. The maximum atomic E-state index is 9.09. The molecule has 0 spiro atoms. The molecule has 0 aromatic rings. The van der Waals surface area contributed by atoms with E-state index >= 15 is 0 Å². The zero-order chi connectivity index (χ0) is 6.69. The largest absolute Gasteiger partial charge is 0.391 e. The van der Waals surface area contributed by atoms with Crippen LogP contribution in [0, 0.1) is 5.92 Å². The molecule has 1 saturated heterocycles. The van der Waals surface area contributed by atoms with Crippen LogP contribution in [0.1, 0.15) is 19.8 Å². The molecular formula is C7H14O2. The highest BCUT2D eigenvalue weighted by molar-refractivity contribution is 4.67. The lowest BCUT2D eigenvalue weighted by molar-refractivity contribution is -0.0366. The van der Waals surface area contributed by atoms with Crippen molar-refractivity contribution < 1.29 is 9.84 Å². The molecule has 1 heterocycles. The molecule has 1 N–H and O–H groups in total. The summed E-state index contributed by atoms with van der Waals surface area (Å²) < 4.78 is 5.14. The molecule has 9 heavy (non-hydrogen) atoms. The molecule has 0 aromatic carbocycles. The van der Waals surface area contributed by atoms with Gasteiger partial charge in [0.1, 0.15) is 0 Å². The Morgan fingerprint density at radius 1 is 1.56 bits per heavy atom. The van der Waals surface area contributed by atoms with Crippen LogP contribution in [0.4, 0.5) is 0 Å². The summed E-state index contributed by atoms with van der Waals surface area (Å²) in [5.41, 5.74) is 0. The molecular weight excluding hydrogens is 116 g/mol. The third kappa shape index (κ3) is 1.95. The number of ether oxygens (including phenoxy) is 1. The second-order valence-electron chi connectivity index (χ2n) is 2.70. The highest BCUT2D eigenvalue weighted by Crippen LogP contribution is 2.16. The van der Waals surface area contributed by atoms with Gasteiger partial charge in [-0.1, -0.05) is 13.3 Å². The molecule has 54 valence electrons. The first-order chi connectivity index (χ1) is 4.33. The van der Waals surface area contributed by atoms with E-state index in [9.17, 15) is 0 Å². The van der Waals surface area contributed by atoms with E-state index in [-0.39, 0.29) is 6.10 Å². The van der Waals surface area contributed by atoms with Gasteiger partial charge >= 0.3 is 0 Å². The third-order valence-electron chi connectivity index (χ3n) is 1.85. The SMILES string of the molecule is CCC1COCC(O)C1. The van der Waals surface area contributed by atoms with Gasteiger partial charge in [-0.15, -0.1) is 0 Å². The van der Waals surface area contributed by atoms with E-state index < -0.39 is 0 Å². The fraction of sp³-hybridized carbons (Fsp3) is 1.00. The van der Waals surface area contributed by atoms with Gasteiger partial charge in [0.15, 0.2) is 0 Å². The number of hydrogen-bond acceptors (Lipinski definition) is 2. The zero-order valence-electron chi connectivity index (χ0n) is 5.84. The second-order valence-corrected chi connectivity index (χ2v) is 2.70. The van der Waals surface area contributed by atoms with Gasteiger partial charge in [0, 0.05) is 6.61 Å². The Morgan fingerprint density at radius 3 is 2.78 bits per heavy atom. The predicted octanol–water partition coefficient (Wildman–Crippen LogP) is 0.794. The van der Waals surface area contributed by atoms with Crippen LogP contribution in [-0.4, -0.2) is 24.4 Å². The molecule has 0 bridgehead atoms. The van der Waals surface area contributed by atoms with E-state index in [0.29, 0.717) is 12.5 Å². The van der Waals surface area contributed by atoms with E-state index in [2.05, 4.69) is 6.92 Å². The molecule has 0 aromatic heterocycles. The number of rotatable bonds is 1. The van der Waals surface area contributed by atoms with Crippen molar-refractivity contribution in [3.63, 3.8) is 0 Å². The molecule has 1 aliphatic rings. The van der Waals surface area contributed by atoms with Crippen LogP contribution in [0.25, 0.3) is 0 Å². The highest BCUT2D eigenvalue weighted by atomic mass is 16.5. The second kappa shape index (κ2) is 3.18. The van der Waals surface area contributed by atoms with Crippen LogP contribution in [0.3, 0.4) is 0 Å². The molecule has 2 atom stereocenters. The lowest BCUT2D eigenvalue weighted by atomic mass is 9.98. The minimum Gasteiger partial charge on any atom is -0.391 e. The van der Waals surface area contributed by atoms with Crippen LogP contribution in [0.2, 0.25) is 0 Å². The first-order valence-electron chi connectivity index (χ1n) is 3.58. The van der Waals surface area contributed by atoms with Gasteiger partial charge in [0.2, 0.25) is 0 Å². The summed E-state index contributed by atoms with van der Waals surface area (Å²) in [6, 6.07) is 0. The first-order valence-corrected chi connectivity index (χ1v) is 3.58. The quantitative estimate of drug-likeness (QED) is 0.568. The van der Waals surface area contributed by atoms with Gasteiger partial charge in [0.25, 0.3) is 0 Å². The molecule has 0 radical (unpaired) electrons. The Bertz CT molecular complexity index is 83.0. The summed E-state index contributed by atoms with van der Waals surface area (Å²) in [6.07, 6.45) is 1.84. The number of aliphatic hydroxyl groups is 1. The van der Waals surface area contributed by atoms with E-state index in [0.717, 1.165) is 19.4 Å². The number of hydrogen-bond donors (Lipinski definition) is 1. The summed E-state index contributed by atoms with van der Waals surface area (Å²) in [6.45, 7) is 3.51. The highest BCUT2D eigenvalue weighted by Gasteiger charge is 2.18. The summed E-state index contributed by atoms with van der Waals surface area (Å²) in [7, 11) is 0. The first kappa shape index (κ1) is 7.03. The van der Waals surface area contributed by atoms with Crippen molar-refractivity contribution in [3.8, 4) is 0 Å². The number of aliphatic hydroxyl groups excluding tert-OH is 1. The van der Waals surface area contributed by atoms with Crippen molar-refractivity contribution in [1.82, 2.24) is 0 Å². The summed E-state index contributed by atoms with van der Waals surface area (Å²) in [4.78, 5) is 0. The third-order valence-corrected chi connectivity index (χ3v) is 1.85. The van der Waals surface area contributed by atoms with Crippen molar-refractivity contribution in [2.75, 3.05) is 13.2 Å². The summed E-state index contributed by atoms with van der Waals surface area (Å²) in [5, 5.41) is 9.09. The molecule has 1 aliphatic heterocycles. The maximum absolute atomic E-state index is 9.09. The average molecular weight is 130 g/mol. The van der Waals surface area contributed by atoms with Crippen LogP contribution in [0.15, 0.2) is 0 Å². The predicted molar refractivity (Wildman–Crippen MR) is 35.2 cm³/mol. The normalized spacial score (nSPS) is 36.7. The van der Waals surface area contributed by atoms with E-state index in [1.54, 1.807) is 0 Å². The van der Waals surface area contributed by atoms with Crippen molar-refractivity contribution in [1.29, 1.82) is 0 Å².